The van der Waals surface area contributed by atoms with Crippen LogP contribution in [0.3, 0.4) is 0 Å². The second-order valence-electron chi connectivity index (χ2n) is 4.42. The topological polar surface area (TPSA) is 20.2 Å². The first-order valence-corrected chi connectivity index (χ1v) is 6.53. The molecular formula is C12H17Cl3O. The van der Waals surface area contributed by atoms with Crippen molar-refractivity contribution in [2.45, 2.75) is 43.0 Å². The Hall–Kier alpha value is 0.310. The van der Waals surface area contributed by atoms with Crippen LogP contribution in [0.15, 0.2) is 23.3 Å². The molecule has 1 aliphatic carbocycles. The van der Waals surface area contributed by atoms with Gasteiger partial charge in [-0.05, 0) is 39.0 Å². The van der Waals surface area contributed by atoms with E-state index < -0.39 is 9.90 Å². The average Bonchev–Trinajstić information content (AvgIpc) is 2.17. The monoisotopic (exact) mass is 282 g/mol. The maximum atomic E-state index is 9.65. The van der Waals surface area contributed by atoms with Crippen molar-refractivity contribution >= 4 is 34.8 Å². The number of hydrogen-bond donors (Lipinski definition) is 1. The Morgan fingerprint density at radius 1 is 1.56 bits per heavy atom. The highest BCUT2D eigenvalue weighted by molar-refractivity contribution is 6.68. The van der Waals surface area contributed by atoms with Gasteiger partial charge in [-0.3, -0.25) is 0 Å². The predicted octanol–water partition coefficient (Wildman–Crippen LogP) is 4.41. The lowest BCUT2D eigenvalue weighted by atomic mass is 9.85. The molecule has 0 amide bonds. The molecule has 16 heavy (non-hydrogen) atoms. The Balaban J connectivity index is 2.64. The fourth-order valence-electron chi connectivity index (χ4n) is 1.86. The Morgan fingerprint density at radius 3 is 2.62 bits per heavy atom. The first kappa shape index (κ1) is 14.4. The molecular weight excluding hydrogens is 266 g/mol. The summed E-state index contributed by atoms with van der Waals surface area (Å²) in [7, 11) is 0. The first-order valence-electron chi connectivity index (χ1n) is 5.39. The van der Waals surface area contributed by atoms with Crippen molar-refractivity contribution in [3.63, 3.8) is 0 Å². The lowest BCUT2D eigenvalue weighted by molar-refractivity contribution is 0.225. The molecule has 0 aromatic rings. The highest BCUT2D eigenvalue weighted by Gasteiger charge is 2.29. The molecule has 0 aromatic heterocycles. The Morgan fingerprint density at radius 2 is 2.19 bits per heavy atom. The van der Waals surface area contributed by atoms with E-state index in [1.807, 2.05) is 6.92 Å². The van der Waals surface area contributed by atoms with Gasteiger partial charge in [-0.25, -0.2) is 0 Å². The smallest absolute Gasteiger partial charge is 0.219 e. The third-order valence-electron chi connectivity index (χ3n) is 3.04. The molecule has 0 radical (unpaired) electrons. The number of aliphatic hydroxyl groups is 1. The number of halogens is 3. The minimum absolute atomic E-state index is 0.464. The predicted molar refractivity (Wildman–Crippen MR) is 71.2 cm³/mol. The molecule has 2 unspecified atom stereocenters. The minimum Gasteiger partial charge on any atom is -0.385 e. The van der Waals surface area contributed by atoms with Crippen LogP contribution in [0.2, 0.25) is 0 Å². The van der Waals surface area contributed by atoms with Gasteiger partial charge in [-0.1, -0.05) is 58.1 Å². The van der Waals surface area contributed by atoms with E-state index in [1.165, 1.54) is 5.57 Å². The lowest BCUT2D eigenvalue weighted by Gasteiger charge is -2.23. The summed E-state index contributed by atoms with van der Waals surface area (Å²) in [6.45, 7) is 4.13. The van der Waals surface area contributed by atoms with Crippen LogP contribution in [0.4, 0.5) is 0 Å². The zero-order valence-electron chi connectivity index (χ0n) is 9.51. The summed E-state index contributed by atoms with van der Waals surface area (Å²) in [4.78, 5) is 0. The van der Waals surface area contributed by atoms with Gasteiger partial charge in [0.05, 0.1) is 0 Å². The van der Waals surface area contributed by atoms with Gasteiger partial charge in [-0.2, -0.15) is 0 Å². The van der Waals surface area contributed by atoms with Crippen molar-refractivity contribution in [1.29, 1.82) is 0 Å². The maximum Gasteiger partial charge on any atom is 0.219 e. The number of aliphatic hydroxyl groups excluding tert-OH is 1. The lowest BCUT2D eigenvalue weighted by Crippen LogP contribution is -2.23. The summed E-state index contributed by atoms with van der Waals surface area (Å²) in [5, 5.41) is 9.65. The van der Waals surface area contributed by atoms with Crippen molar-refractivity contribution in [2.75, 3.05) is 0 Å². The Bertz CT molecular complexity index is 302. The van der Waals surface area contributed by atoms with Crippen molar-refractivity contribution in [3.8, 4) is 0 Å². The standard InChI is InChI=1S/C12H17Cl3O/c1-8-3-5-10(6-4-8)9(2)7-11(16)12(13,14)15/h3,7,10-11,16H,4-6H2,1-2H3. The molecule has 4 heteroatoms. The minimum atomic E-state index is -1.64. The van der Waals surface area contributed by atoms with E-state index in [0.717, 1.165) is 24.8 Å². The van der Waals surface area contributed by atoms with E-state index >= 15 is 0 Å². The molecule has 0 saturated heterocycles. The average molecular weight is 284 g/mol. The van der Waals surface area contributed by atoms with Crippen LogP contribution in [0.1, 0.15) is 33.1 Å². The molecule has 0 aliphatic heterocycles. The Kier molecular flexibility index (Phi) is 5.18. The van der Waals surface area contributed by atoms with Gasteiger partial charge in [0.15, 0.2) is 0 Å². The molecule has 0 fully saturated rings. The fourth-order valence-corrected chi connectivity index (χ4v) is 2.05. The third kappa shape index (κ3) is 4.29. The van der Waals surface area contributed by atoms with E-state index in [4.69, 9.17) is 34.8 Å². The molecule has 1 rings (SSSR count). The molecule has 2 atom stereocenters. The quantitative estimate of drug-likeness (QED) is 0.588. The molecule has 92 valence electrons. The molecule has 1 aliphatic rings. The molecule has 0 spiro atoms. The Labute approximate surface area is 112 Å². The number of allylic oxidation sites excluding steroid dienone is 3. The summed E-state index contributed by atoms with van der Waals surface area (Å²) in [6, 6.07) is 0. The zero-order chi connectivity index (χ0) is 12.3. The van der Waals surface area contributed by atoms with Crippen LogP contribution in [-0.4, -0.2) is 15.0 Å². The summed E-state index contributed by atoms with van der Waals surface area (Å²) >= 11 is 16.8. The van der Waals surface area contributed by atoms with Gasteiger partial charge in [0, 0.05) is 0 Å². The zero-order valence-corrected chi connectivity index (χ0v) is 11.8. The normalized spacial score (nSPS) is 25.2. The van der Waals surface area contributed by atoms with E-state index in [1.54, 1.807) is 6.08 Å². The van der Waals surface area contributed by atoms with Gasteiger partial charge in [0.2, 0.25) is 3.79 Å². The molecule has 0 aromatic carbocycles. The van der Waals surface area contributed by atoms with Gasteiger partial charge in [0.25, 0.3) is 0 Å². The van der Waals surface area contributed by atoms with Crippen LogP contribution in [-0.2, 0) is 0 Å². The second-order valence-corrected chi connectivity index (χ2v) is 6.79. The number of rotatable bonds is 2. The van der Waals surface area contributed by atoms with Gasteiger partial charge in [-0.15, -0.1) is 0 Å². The van der Waals surface area contributed by atoms with Crippen molar-refractivity contribution in [1.82, 2.24) is 0 Å². The highest BCUT2D eigenvalue weighted by atomic mass is 35.6. The highest BCUT2D eigenvalue weighted by Crippen LogP contribution is 2.34. The number of hydrogen-bond acceptors (Lipinski definition) is 1. The molecule has 0 bridgehead atoms. The van der Waals surface area contributed by atoms with E-state index in [2.05, 4.69) is 13.0 Å². The van der Waals surface area contributed by atoms with Gasteiger partial charge in [0.1, 0.15) is 6.10 Å². The maximum absolute atomic E-state index is 9.65. The summed E-state index contributed by atoms with van der Waals surface area (Å²) in [5.41, 5.74) is 2.54. The van der Waals surface area contributed by atoms with Gasteiger partial charge < -0.3 is 5.11 Å². The third-order valence-corrected chi connectivity index (χ3v) is 3.71. The van der Waals surface area contributed by atoms with E-state index in [0.29, 0.717) is 5.92 Å². The van der Waals surface area contributed by atoms with Crippen molar-refractivity contribution in [3.05, 3.63) is 23.3 Å². The summed E-state index contributed by atoms with van der Waals surface area (Å²) in [5.74, 6) is 0.464. The van der Waals surface area contributed by atoms with Crippen molar-refractivity contribution < 1.29 is 5.11 Å². The van der Waals surface area contributed by atoms with Crippen LogP contribution in [0, 0.1) is 5.92 Å². The van der Waals surface area contributed by atoms with Crippen LogP contribution >= 0.6 is 34.8 Å². The molecule has 1 nitrogen and oxygen atoms in total. The molecule has 1 N–H and O–H groups in total. The molecule has 0 saturated carbocycles. The second kappa shape index (κ2) is 5.77. The summed E-state index contributed by atoms with van der Waals surface area (Å²) < 4.78 is -1.64. The van der Waals surface area contributed by atoms with Crippen LogP contribution in [0.5, 0.6) is 0 Å². The SMILES string of the molecule is CC1=CCC(C(C)=CC(O)C(Cl)(Cl)Cl)CC1. The summed E-state index contributed by atoms with van der Waals surface area (Å²) in [6.07, 6.45) is 6.10. The van der Waals surface area contributed by atoms with Crippen molar-refractivity contribution in [2.24, 2.45) is 5.92 Å². The van der Waals surface area contributed by atoms with Crippen LogP contribution in [0.25, 0.3) is 0 Å². The molecule has 0 heterocycles. The van der Waals surface area contributed by atoms with E-state index in [9.17, 15) is 5.11 Å². The first-order chi connectivity index (χ1) is 7.30. The largest absolute Gasteiger partial charge is 0.385 e. The fraction of sp³-hybridized carbons (Fsp3) is 0.667. The van der Waals surface area contributed by atoms with Crippen LogP contribution < -0.4 is 0 Å². The van der Waals surface area contributed by atoms with Gasteiger partial charge >= 0.3 is 0 Å². The van der Waals surface area contributed by atoms with E-state index in [-0.39, 0.29) is 0 Å². The number of alkyl halides is 3.